The van der Waals surface area contributed by atoms with Gasteiger partial charge in [-0.05, 0) is 29.2 Å². The number of nitrogens with zero attached hydrogens (tertiary/aromatic N) is 1. The Morgan fingerprint density at radius 2 is 1.59 bits per heavy atom. The van der Waals surface area contributed by atoms with Crippen LogP contribution in [-0.4, -0.2) is 29.1 Å². The third-order valence-corrected chi connectivity index (χ3v) is 6.55. The number of ether oxygens (including phenoxy) is 1. The van der Waals surface area contributed by atoms with Gasteiger partial charge in [0.25, 0.3) is 0 Å². The molecule has 2 atom stereocenters. The number of hydrogen-bond acceptors (Lipinski definition) is 3. The number of carbonyl (C=O) groups excluding carboxylic acids is 1. The third kappa shape index (κ3) is 2.70. The lowest BCUT2D eigenvalue weighted by Crippen LogP contribution is -2.75. The minimum atomic E-state index is -0.888. The number of hydrogen-bond donors (Lipinski definition) is 1. The summed E-state index contributed by atoms with van der Waals surface area (Å²) in [5.41, 5.74) is 10.2. The number of rotatable bonds is 3. The molecule has 1 heterocycles. The van der Waals surface area contributed by atoms with Crippen LogP contribution in [0.15, 0.2) is 48.5 Å². The molecule has 1 aliphatic heterocycles. The van der Waals surface area contributed by atoms with E-state index in [-0.39, 0.29) is 17.4 Å². The fourth-order valence-electron chi connectivity index (χ4n) is 4.53. The van der Waals surface area contributed by atoms with Crippen LogP contribution in [0, 0.1) is 5.41 Å². The van der Waals surface area contributed by atoms with Crippen molar-refractivity contribution in [2.75, 3.05) is 6.61 Å². The normalized spacial score (nSPS) is 25.8. The summed E-state index contributed by atoms with van der Waals surface area (Å²) in [4.78, 5) is 15.5. The van der Waals surface area contributed by atoms with Crippen LogP contribution >= 0.6 is 0 Å². The highest BCUT2D eigenvalue weighted by Crippen LogP contribution is 2.51. The largest absolute Gasteiger partial charge is 0.378 e. The molecule has 0 radical (unpaired) electrons. The molecule has 142 valence electrons. The molecule has 2 aromatic rings. The molecule has 1 amide bonds. The maximum atomic E-state index is 13.6. The average molecular weight is 364 g/mol. The molecular weight excluding hydrogens is 336 g/mol. The first kappa shape index (κ1) is 18.2. The zero-order valence-electron chi connectivity index (χ0n) is 16.4. The van der Waals surface area contributed by atoms with Gasteiger partial charge in [0, 0.05) is 31.5 Å². The molecule has 27 heavy (non-hydrogen) atoms. The van der Waals surface area contributed by atoms with Gasteiger partial charge in [-0.1, -0.05) is 62.4 Å². The second-order valence-corrected chi connectivity index (χ2v) is 8.32. The van der Waals surface area contributed by atoms with Crippen LogP contribution in [-0.2, 0) is 22.6 Å². The Morgan fingerprint density at radius 3 is 2.07 bits per heavy atom. The third-order valence-electron chi connectivity index (χ3n) is 6.55. The van der Waals surface area contributed by atoms with E-state index >= 15 is 0 Å². The molecule has 1 aliphatic carbocycles. The summed E-state index contributed by atoms with van der Waals surface area (Å²) in [7, 11) is 0. The van der Waals surface area contributed by atoms with Crippen molar-refractivity contribution >= 4 is 5.91 Å². The summed E-state index contributed by atoms with van der Waals surface area (Å²) < 4.78 is 5.81. The molecule has 4 nitrogen and oxygen atoms in total. The molecular formula is C23H28N2O2. The van der Waals surface area contributed by atoms with E-state index in [1.807, 2.05) is 24.0 Å². The molecule has 1 saturated carbocycles. The summed E-state index contributed by atoms with van der Waals surface area (Å²) in [5, 5.41) is 0. The van der Waals surface area contributed by atoms with Crippen LogP contribution in [0.4, 0.5) is 0 Å². The predicted molar refractivity (Wildman–Crippen MR) is 107 cm³/mol. The van der Waals surface area contributed by atoms with Crippen molar-refractivity contribution in [1.82, 2.24) is 4.90 Å². The van der Waals surface area contributed by atoms with Crippen molar-refractivity contribution in [2.24, 2.45) is 11.1 Å². The van der Waals surface area contributed by atoms with E-state index in [9.17, 15) is 4.79 Å². The van der Waals surface area contributed by atoms with Crippen LogP contribution in [0.5, 0.6) is 0 Å². The van der Waals surface area contributed by atoms with Crippen LogP contribution in [0.25, 0.3) is 11.1 Å². The first-order valence-corrected chi connectivity index (χ1v) is 9.74. The quantitative estimate of drug-likeness (QED) is 0.903. The van der Waals surface area contributed by atoms with E-state index in [0.29, 0.717) is 26.1 Å². The van der Waals surface area contributed by atoms with Gasteiger partial charge in [0.1, 0.15) is 5.54 Å². The zero-order valence-corrected chi connectivity index (χ0v) is 16.4. The molecule has 0 aromatic heterocycles. The molecule has 0 spiro atoms. The van der Waals surface area contributed by atoms with Crippen molar-refractivity contribution in [3.63, 3.8) is 0 Å². The Kier molecular flexibility index (Phi) is 4.36. The van der Waals surface area contributed by atoms with Gasteiger partial charge < -0.3 is 15.4 Å². The second-order valence-electron chi connectivity index (χ2n) is 8.32. The van der Waals surface area contributed by atoms with Gasteiger partial charge in [-0.3, -0.25) is 4.79 Å². The van der Waals surface area contributed by atoms with E-state index in [1.165, 1.54) is 11.1 Å². The lowest BCUT2D eigenvalue weighted by atomic mass is 9.54. The summed E-state index contributed by atoms with van der Waals surface area (Å²) >= 11 is 0. The summed E-state index contributed by atoms with van der Waals surface area (Å²) in [5.74, 6) is 0.0231. The monoisotopic (exact) mass is 364 g/mol. The highest BCUT2D eigenvalue weighted by molar-refractivity contribution is 5.89. The molecule has 2 aromatic carbocycles. The summed E-state index contributed by atoms with van der Waals surface area (Å²) in [6.07, 6.45) is 0.606. The topological polar surface area (TPSA) is 55.6 Å². The minimum absolute atomic E-state index is 0.0231. The highest BCUT2D eigenvalue weighted by atomic mass is 16.5. The number of fused-ring (bicyclic) bond motifs is 3. The summed E-state index contributed by atoms with van der Waals surface area (Å²) in [6.45, 7) is 7.89. The number of carbonyl (C=O) groups is 1. The Morgan fingerprint density at radius 1 is 1.07 bits per heavy atom. The number of benzene rings is 2. The maximum Gasteiger partial charge on any atom is 0.244 e. The molecule has 2 N–H and O–H groups in total. The van der Waals surface area contributed by atoms with E-state index in [2.05, 4.69) is 50.2 Å². The van der Waals surface area contributed by atoms with Crippen molar-refractivity contribution in [3.8, 4) is 11.1 Å². The van der Waals surface area contributed by atoms with Crippen molar-refractivity contribution in [2.45, 2.75) is 51.9 Å². The molecule has 0 bridgehead atoms. The van der Waals surface area contributed by atoms with Gasteiger partial charge in [0.2, 0.25) is 5.91 Å². The fraction of sp³-hybridized carbons (Fsp3) is 0.435. The van der Waals surface area contributed by atoms with Gasteiger partial charge in [-0.2, -0.15) is 0 Å². The van der Waals surface area contributed by atoms with Gasteiger partial charge in [-0.15, -0.1) is 0 Å². The smallest absolute Gasteiger partial charge is 0.244 e. The fourth-order valence-corrected chi connectivity index (χ4v) is 4.53. The lowest BCUT2D eigenvalue weighted by Gasteiger charge is -2.58. The molecule has 1 fully saturated rings. The van der Waals surface area contributed by atoms with E-state index in [1.54, 1.807) is 0 Å². The molecule has 4 rings (SSSR count). The summed E-state index contributed by atoms with van der Waals surface area (Å²) in [6, 6.07) is 16.7. The van der Waals surface area contributed by atoms with Gasteiger partial charge in [-0.25, -0.2) is 0 Å². The van der Waals surface area contributed by atoms with E-state index in [4.69, 9.17) is 10.5 Å². The standard InChI is InChI=1S/C23H28N2O2/c1-4-27-20-13-23(24,22(20,2)3)21(26)25-14-16-9-5-7-11-18(16)19-12-8-6-10-17(19)15-25/h5-12,20H,4,13-15,24H2,1-3H3. The van der Waals surface area contributed by atoms with Gasteiger partial charge in [0.05, 0.1) is 6.10 Å². The zero-order chi connectivity index (χ0) is 19.2. The Hall–Kier alpha value is -2.17. The van der Waals surface area contributed by atoms with Crippen LogP contribution in [0.2, 0.25) is 0 Å². The molecule has 0 saturated heterocycles. The SMILES string of the molecule is CCOC1CC(N)(C(=O)N2Cc3ccccc3-c3ccccc3C2)C1(C)C. The van der Waals surface area contributed by atoms with E-state index < -0.39 is 5.54 Å². The van der Waals surface area contributed by atoms with Crippen molar-refractivity contribution < 1.29 is 9.53 Å². The van der Waals surface area contributed by atoms with Crippen LogP contribution in [0.1, 0.15) is 38.3 Å². The average Bonchev–Trinajstić information content (AvgIpc) is 2.84. The van der Waals surface area contributed by atoms with Crippen LogP contribution in [0.3, 0.4) is 0 Å². The van der Waals surface area contributed by atoms with Crippen molar-refractivity contribution in [1.29, 1.82) is 0 Å². The second kappa shape index (κ2) is 6.47. The predicted octanol–water partition coefficient (Wildman–Crippen LogP) is 3.73. The molecule has 4 heteroatoms. The number of nitrogens with two attached hydrogens (primary N) is 1. The van der Waals surface area contributed by atoms with Gasteiger partial charge >= 0.3 is 0 Å². The van der Waals surface area contributed by atoms with Crippen molar-refractivity contribution in [3.05, 3.63) is 59.7 Å². The Labute approximate surface area is 161 Å². The highest BCUT2D eigenvalue weighted by Gasteiger charge is 2.63. The maximum absolute atomic E-state index is 13.6. The molecule has 2 aliphatic rings. The lowest BCUT2D eigenvalue weighted by molar-refractivity contribution is -0.180. The number of amides is 1. The van der Waals surface area contributed by atoms with Gasteiger partial charge in [0.15, 0.2) is 0 Å². The Balaban J connectivity index is 1.69. The van der Waals surface area contributed by atoms with Crippen LogP contribution < -0.4 is 5.73 Å². The van der Waals surface area contributed by atoms with E-state index in [0.717, 1.165) is 11.1 Å². The Bertz CT molecular complexity index is 829. The minimum Gasteiger partial charge on any atom is -0.378 e. The first-order chi connectivity index (χ1) is 12.9. The first-order valence-electron chi connectivity index (χ1n) is 9.74. The molecule has 2 unspecified atom stereocenters.